The summed E-state index contributed by atoms with van der Waals surface area (Å²) in [7, 11) is 0. The molecule has 0 atom stereocenters. The molecule has 0 aliphatic heterocycles. The molecular formula is C17H10ClN3. The minimum atomic E-state index is 0.549. The fraction of sp³-hybridized carbons (Fsp3) is 0. The smallest absolute Gasteiger partial charge is 0.110 e. The van der Waals surface area contributed by atoms with E-state index < -0.39 is 0 Å². The van der Waals surface area contributed by atoms with Crippen LogP contribution in [0.1, 0.15) is 0 Å². The van der Waals surface area contributed by atoms with E-state index in [1.165, 1.54) is 0 Å². The number of fused-ring (bicyclic) bond motifs is 2. The van der Waals surface area contributed by atoms with Crippen LogP contribution in [0.15, 0.2) is 60.9 Å². The second-order valence-electron chi connectivity index (χ2n) is 4.75. The van der Waals surface area contributed by atoms with Crippen molar-refractivity contribution >= 4 is 33.5 Å². The zero-order valence-electron chi connectivity index (χ0n) is 11.0. The molecule has 0 radical (unpaired) electrons. The SMILES string of the molecule is Clc1c2ncccc2cc2ncc(-c3ccccc3)nc12. The molecule has 0 aliphatic rings. The van der Waals surface area contributed by atoms with E-state index in [0.29, 0.717) is 10.5 Å². The minimum Gasteiger partial charge on any atom is -0.255 e. The lowest BCUT2D eigenvalue weighted by Crippen LogP contribution is -1.91. The molecule has 4 aromatic rings. The molecule has 0 bridgehead atoms. The van der Waals surface area contributed by atoms with Crippen LogP contribution < -0.4 is 0 Å². The molecule has 2 aromatic carbocycles. The maximum atomic E-state index is 6.47. The Labute approximate surface area is 126 Å². The molecule has 0 saturated heterocycles. The number of hydrogen-bond donors (Lipinski definition) is 0. The molecule has 0 fully saturated rings. The van der Waals surface area contributed by atoms with E-state index in [4.69, 9.17) is 11.6 Å². The fourth-order valence-corrected chi connectivity index (χ4v) is 2.69. The van der Waals surface area contributed by atoms with Crippen LogP contribution >= 0.6 is 11.6 Å². The molecule has 100 valence electrons. The molecular weight excluding hydrogens is 282 g/mol. The summed E-state index contributed by atoms with van der Waals surface area (Å²) in [4.78, 5) is 13.5. The average molecular weight is 292 g/mol. The van der Waals surface area contributed by atoms with Gasteiger partial charge in [0.1, 0.15) is 5.52 Å². The molecule has 0 aliphatic carbocycles. The third kappa shape index (κ3) is 2.03. The molecule has 4 heteroatoms. The highest BCUT2D eigenvalue weighted by atomic mass is 35.5. The number of rotatable bonds is 1. The first kappa shape index (κ1) is 12.2. The van der Waals surface area contributed by atoms with Gasteiger partial charge in [0.05, 0.1) is 27.9 Å². The zero-order chi connectivity index (χ0) is 14.2. The molecule has 2 heterocycles. The van der Waals surface area contributed by atoms with Crippen LogP contribution in [0, 0.1) is 0 Å². The average Bonchev–Trinajstić information content (AvgIpc) is 2.56. The van der Waals surface area contributed by atoms with Crippen molar-refractivity contribution in [1.82, 2.24) is 15.0 Å². The van der Waals surface area contributed by atoms with Crippen LogP contribution in [0.25, 0.3) is 33.2 Å². The van der Waals surface area contributed by atoms with Gasteiger partial charge in [-0.1, -0.05) is 48.0 Å². The quantitative estimate of drug-likeness (QED) is 0.485. The summed E-state index contributed by atoms with van der Waals surface area (Å²) in [5.41, 5.74) is 4.04. The van der Waals surface area contributed by atoms with Gasteiger partial charge in [0.15, 0.2) is 0 Å². The molecule has 0 spiro atoms. The topological polar surface area (TPSA) is 38.7 Å². The fourth-order valence-electron chi connectivity index (χ4n) is 2.39. The second kappa shape index (κ2) is 4.79. The van der Waals surface area contributed by atoms with E-state index >= 15 is 0 Å². The summed E-state index contributed by atoms with van der Waals surface area (Å²) in [6, 6.07) is 15.8. The number of halogens is 1. The van der Waals surface area contributed by atoms with Crippen molar-refractivity contribution < 1.29 is 0 Å². The molecule has 0 amide bonds. The monoisotopic (exact) mass is 291 g/mol. The van der Waals surface area contributed by atoms with Gasteiger partial charge in [0, 0.05) is 17.1 Å². The summed E-state index contributed by atoms with van der Waals surface area (Å²) in [6.07, 6.45) is 3.50. The Balaban J connectivity index is 2.03. The van der Waals surface area contributed by atoms with E-state index in [0.717, 1.165) is 27.7 Å². The van der Waals surface area contributed by atoms with Crippen molar-refractivity contribution in [3.05, 3.63) is 65.9 Å². The minimum absolute atomic E-state index is 0.549. The Bertz CT molecular complexity index is 952. The highest BCUT2D eigenvalue weighted by Crippen LogP contribution is 2.30. The van der Waals surface area contributed by atoms with E-state index in [2.05, 4.69) is 15.0 Å². The third-order valence-electron chi connectivity index (χ3n) is 3.42. The van der Waals surface area contributed by atoms with Crippen molar-refractivity contribution in [1.29, 1.82) is 0 Å². The van der Waals surface area contributed by atoms with Crippen LogP contribution in [0.3, 0.4) is 0 Å². The Hall–Kier alpha value is -2.52. The number of benzene rings is 2. The van der Waals surface area contributed by atoms with Crippen LogP contribution in [-0.4, -0.2) is 15.0 Å². The van der Waals surface area contributed by atoms with Gasteiger partial charge in [-0.05, 0) is 12.1 Å². The number of hydrogen-bond acceptors (Lipinski definition) is 3. The Kier molecular flexibility index (Phi) is 2.79. The molecule has 3 nitrogen and oxygen atoms in total. The lowest BCUT2D eigenvalue weighted by molar-refractivity contribution is 1.29. The van der Waals surface area contributed by atoms with Crippen LogP contribution in [0.2, 0.25) is 5.02 Å². The van der Waals surface area contributed by atoms with Gasteiger partial charge in [0.2, 0.25) is 0 Å². The van der Waals surface area contributed by atoms with Crippen molar-refractivity contribution in [3.8, 4) is 11.3 Å². The number of pyridine rings is 1. The van der Waals surface area contributed by atoms with E-state index in [1.54, 1.807) is 12.4 Å². The van der Waals surface area contributed by atoms with Gasteiger partial charge >= 0.3 is 0 Å². The highest BCUT2D eigenvalue weighted by Gasteiger charge is 2.10. The molecule has 0 saturated carbocycles. The van der Waals surface area contributed by atoms with Crippen LogP contribution in [0.5, 0.6) is 0 Å². The van der Waals surface area contributed by atoms with Crippen LogP contribution in [-0.2, 0) is 0 Å². The Morgan fingerprint density at radius 1 is 0.857 bits per heavy atom. The van der Waals surface area contributed by atoms with Crippen LogP contribution in [0.4, 0.5) is 0 Å². The zero-order valence-corrected chi connectivity index (χ0v) is 11.7. The van der Waals surface area contributed by atoms with Crippen molar-refractivity contribution in [2.45, 2.75) is 0 Å². The maximum Gasteiger partial charge on any atom is 0.110 e. The van der Waals surface area contributed by atoms with E-state index in [-0.39, 0.29) is 0 Å². The van der Waals surface area contributed by atoms with Gasteiger partial charge in [-0.25, -0.2) is 4.98 Å². The third-order valence-corrected chi connectivity index (χ3v) is 3.78. The molecule has 4 rings (SSSR count). The van der Waals surface area contributed by atoms with E-state index in [1.807, 2.05) is 48.5 Å². The molecule has 2 aromatic heterocycles. The number of nitrogens with zero attached hydrogens (tertiary/aromatic N) is 3. The van der Waals surface area contributed by atoms with Crippen molar-refractivity contribution in [2.24, 2.45) is 0 Å². The molecule has 0 N–H and O–H groups in total. The van der Waals surface area contributed by atoms with Gasteiger partial charge in [0.25, 0.3) is 0 Å². The van der Waals surface area contributed by atoms with Gasteiger partial charge in [-0.3, -0.25) is 9.97 Å². The summed E-state index contributed by atoms with van der Waals surface area (Å²) in [5, 5.41) is 1.52. The Morgan fingerprint density at radius 3 is 2.57 bits per heavy atom. The predicted molar refractivity (Wildman–Crippen MR) is 85.3 cm³/mol. The molecule has 0 unspecified atom stereocenters. The van der Waals surface area contributed by atoms with Gasteiger partial charge < -0.3 is 0 Å². The Morgan fingerprint density at radius 2 is 1.71 bits per heavy atom. The van der Waals surface area contributed by atoms with Gasteiger partial charge in [-0.2, -0.15) is 0 Å². The molecule has 21 heavy (non-hydrogen) atoms. The van der Waals surface area contributed by atoms with E-state index in [9.17, 15) is 0 Å². The second-order valence-corrected chi connectivity index (χ2v) is 5.13. The van der Waals surface area contributed by atoms with Crippen molar-refractivity contribution in [2.75, 3.05) is 0 Å². The summed E-state index contributed by atoms with van der Waals surface area (Å²) < 4.78 is 0. The maximum absolute atomic E-state index is 6.47. The first-order chi connectivity index (χ1) is 10.3. The first-order valence-corrected chi connectivity index (χ1v) is 6.96. The largest absolute Gasteiger partial charge is 0.255 e. The summed E-state index contributed by atoms with van der Waals surface area (Å²) in [6.45, 7) is 0. The lowest BCUT2D eigenvalue weighted by atomic mass is 10.1. The summed E-state index contributed by atoms with van der Waals surface area (Å²) in [5.74, 6) is 0. The lowest BCUT2D eigenvalue weighted by Gasteiger charge is -2.06. The highest BCUT2D eigenvalue weighted by molar-refractivity contribution is 6.39. The predicted octanol–water partition coefficient (Wildman–Crippen LogP) is 4.50. The standard InChI is InChI=1S/C17H10ClN3/c18-15-16-12(7-4-8-19-16)9-13-17(15)21-14(10-20-13)11-5-2-1-3-6-11/h1-10H. The van der Waals surface area contributed by atoms with Crippen molar-refractivity contribution in [3.63, 3.8) is 0 Å². The van der Waals surface area contributed by atoms with Gasteiger partial charge in [-0.15, -0.1) is 0 Å². The number of aromatic nitrogens is 3. The summed E-state index contributed by atoms with van der Waals surface area (Å²) >= 11 is 6.47. The first-order valence-electron chi connectivity index (χ1n) is 6.58. The normalized spacial score (nSPS) is 11.1.